The fraction of sp³-hybridized carbons (Fsp3) is 0.556. The SMILES string of the molecule is CC(=O)c1ccc(NC(=O)N2CCN(C3CCCC3)CC2)cc1. The molecule has 0 bridgehead atoms. The second-order valence-corrected chi connectivity index (χ2v) is 6.52. The summed E-state index contributed by atoms with van der Waals surface area (Å²) >= 11 is 0. The second-order valence-electron chi connectivity index (χ2n) is 6.52. The Hall–Kier alpha value is -1.88. The van der Waals surface area contributed by atoms with Gasteiger partial charge < -0.3 is 10.2 Å². The Labute approximate surface area is 137 Å². The quantitative estimate of drug-likeness (QED) is 0.873. The largest absolute Gasteiger partial charge is 0.322 e. The molecule has 0 unspecified atom stereocenters. The number of carbonyl (C=O) groups is 2. The molecule has 0 aromatic heterocycles. The number of Topliss-reactive ketones (excluding diaryl/α,β-unsaturated/α-hetero) is 1. The molecule has 1 aromatic rings. The van der Waals surface area contributed by atoms with E-state index in [0.717, 1.165) is 37.9 Å². The molecule has 1 N–H and O–H groups in total. The Morgan fingerprint density at radius 3 is 2.17 bits per heavy atom. The van der Waals surface area contributed by atoms with Crippen LogP contribution >= 0.6 is 0 Å². The molecule has 2 fully saturated rings. The molecule has 1 saturated carbocycles. The summed E-state index contributed by atoms with van der Waals surface area (Å²) in [5.74, 6) is 0.0333. The Bertz CT molecular complexity index is 556. The van der Waals surface area contributed by atoms with Gasteiger partial charge in [0, 0.05) is 43.5 Å². The summed E-state index contributed by atoms with van der Waals surface area (Å²) in [6.07, 6.45) is 5.33. The van der Waals surface area contributed by atoms with Crippen LogP contribution in [0.15, 0.2) is 24.3 Å². The number of carbonyl (C=O) groups excluding carboxylic acids is 2. The van der Waals surface area contributed by atoms with E-state index in [9.17, 15) is 9.59 Å². The van der Waals surface area contributed by atoms with Gasteiger partial charge in [-0.3, -0.25) is 9.69 Å². The third-order valence-corrected chi connectivity index (χ3v) is 4.99. The van der Waals surface area contributed by atoms with Crippen LogP contribution < -0.4 is 5.32 Å². The number of benzene rings is 1. The van der Waals surface area contributed by atoms with E-state index in [4.69, 9.17) is 0 Å². The van der Waals surface area contributed by atoms with E-state index in [-0.39, 0.29) is 11.8 Å². The molecule has 1 aromatic carbocycles. The maximum atomic E-state index is 12.3. The van der Waals surface area contributed by atoms with E-state index in [0.29, 0.717) is 5.56 Å². The van der Waals surface area contributed by atoms with Crippen molar-refractivity contribution in [3.8, 4) is 0 Å². The molecule has 23 heavy (non-hydrogen) atoms. The first kappa shape index (κ1) is 16.0. The number of anilines is 1. The number of nitrogens with one attached hydrogen (secondary N) is 1. The van der Waals surface area contributed by atoms with Crippen molar-refractivity contribution in [2.45, 2.75) is 38.6 Å². The maximum Gasteiger partial charge on any atom is 0.321 e. The van der Waals surface area contributed by atoms with E-state index >= 15 is 0 Å². The Morgan fingerprint density at radius 1 is 1.00 bits per heavy atom. The molecule has 0 atom stereocenters. The van der Waals surface area contributed by atoms with E-state index in [1.54, 1.807) is 24.3 Å². The van der Waals surface area contributed by atoms with Gasteiger partial charge in [0.1, 0.15) is 0 Å². The highest BCUT2D eigenvalue weighted by Gasteiger charge is 2.27. The average Bonchev–Trinajstić information content (AvgIpc) is 3.10. The maximum absolute atomic E-state index is 12.3. The molecule has 1 aliphatic heterocycles. The molecular formula is C18H25N3O2. The third-order valence-electron chi connectivity index (χ3n) is 4.99. The molecule has 0 radical (unpaired) electrons. The lowest BCUT2D eigenvalue weighted by molar-refractivity contribution is 0.101. The second kappa shape index (κ2) is 7.13. The van der Waals surface area contributed by atoms with E-state index in [1.165, 1.54) is 32.6 Å². The van der Waals surface area contributed by atoms with Crippen molar-refractivity contribution in [1.82, 2.24) is 9.80 Å². The van der Waals surface area contributed by atoms with Crippen LogP contribution in [0.5, 0.6) is 0 Å². The van der Waals surface area contributed by atoms with E-state index < -0.39 is 0 Å². The van der Waals surface area contributed by atoms with Crippen LogP contribution in [0.3, 0.4) is 0 Å². The summed E-state index contributed by atoms with van der Waals surface area (Å²) in [5, 5.41) is 2.92. The molecule has 5 nitrogen and oxygen atoms in total. The van der Waals surface area contributed by atoms with Crippen LogP contribution in [0.1, 0.15) is 43.0 Å². The van der Waals surface area contributed by atoms with Gasteiger partial charge in [-0.25, -0.2) is 4.79 Å². The van der Waals surface area contributed by atoms with Crippen molar-refractivity contribution in [1.29, 1.82) is 0 Å². The van der Waals surface area contributed by atoms with Gasteiger partial charge in [-0.1, -0.05) is 12.8 Å². The standard InChI is InChI=1S/C18H25N3O2/c1-14(22)15-6-8-16(9-7-15)19-18(23)21-12-10-20(11-13-21)17-4-2-3-5-17/h6-9,17H,2-5,10-13H2,1H3,(H,19,23). The van der Waals surface area contributed by atoms with Crippen LogP contribution in [0.2, 0.25) is 0 Å². The lowest BCUT2D eigenvalue weighted by Crippen LogP contribution is -2.52. The van der Waals surface area contributed by atoms with Crippen molar-refractivity contribution in [3.63, 3.8) is 0 Å². The van der Waals surface area contributed by atoms with Gasteiger partial charge in [0.2, 0.25) is 0 Å². The van der Waals surface area contributed by atoms with Gasteiger partial charge in [0.05, 0.1) is 0 Å². The van der Waals surface area contributed by atoms with Crippen LogP contribution in [0, 0.1) is 0 Å². The molecule has 5 heteroatoms. The number of urea groups is 1. The molecule has 1 saturated heterocycles. The van der Waals surface area contributed by atoms with Crippen LogP contribution in [-0.4, -0.2) is 53.8 Å². The van der Waals surface area contributed by atoms with Crippen LogP contribution in [0.25, 0.3) is 0 Å². The summed E-state index contributed by atoms with van der Waals surface area (Å²) in [6.45, 7) is 5.06. The fourth-order valence-corrected chi connectivity index (χ4v) is 3.55. The summed E-state index contributed by atoms with van der Waals surface area (Å²) < 4.78 is 0. The van der Waals surface area contributed by atoms with Gasteiger partial charge >= 0.3 is 6.03 Å². The van der Waals surface area contributed by atoms with Gasteiger partial charge in [0.25, 0.3) is 0 Å². The Balaban J connectivity index is 1.50. The molecule has 3 rings (SSSR count). The van der Waals surface area contributed by atoms with E-state index in [2.05, 4.69) is 10.2 Å². The monoisotopic (exact) mass is 315 g/mol. The first-order chi connectivity index (χ1) is 11.1. The highest BCUT2D eigenvalue weighted by molar-refractivity contribution is 5.95. The fourth-order valence-electron chi connectivity index (χ4n) is 3.55. The average molecular weight is 315 g/mol. The normalized spacial score (nSPS) is 19.8. The van der Waals surface area contributed by atoms with Crippen molar-refractivity contribution in [2.75, 3.05) is 31.5 Å². The lowest BCUT2D eigenvalue weighted by atomic mass is 10.1. The minimum Gasteiger partial charge on any atom is -0.322 e. The predicted octanol–water partition coefficient (Wildman–Crippen LogP) is 2.98. The smallest absolute Gasteiger partial charge is 0.321 e. The molecular weight excluding hydrogens is 290 g/mol. The zero-order chi connectivity index (χ0) is 16.2. The number of rotatable bonds is 3. The Kier molecular flexibility index (Phi) is 4.96. The minimum absolute atomic E-state index is 0.0333. The lowest BCUT2D eigenvalue weighted by Gasteiger charge is -2.38. The molecule has 1 aliphatic carbocycles. The highest BCUT2D eigenvalue weighted by Crippen LogP contribution is 2.24. The molecule has 2 amide bonds. The minimum atomic E-state index is -0.0494. The molecule has 1 heterocycles. The van der Waals surface area contributed by atoms with Gasteiger partial charge in [-0.05, 0) is 44.0 Å². The van der Waals surface area contributed by atoms with Crippen molar-refractivity contribution >= 4 is 17.5 Å². The summed E-state index contributed by atoms with van der Waals surface area (Å²) in [5.41, 5.74) is 1.39. The first-order valence-corrected chi connectivity index (χ1v) is 8.54. The molecule has 2 aliphatic rings. The number of hydrogen-bond acceptors (Lipinski definition) is 3. The molecule has 0 spiro atoms. The third kappa shape index (κ3) is 3.91. The van der Waals surface area contributed by atoms with Crippen molar-refractivity contribution < 1.29 is 9.59 Å². The zero-order valence-corrected chi connectivity index (χ0v) is 13.8. The van der Waals surface area contributed by atoms with Gasteiger partial charge in [0.15, 0.2) is 5.78 Å². The Morgan fingerprint density at radius 2 is 1.61 bits per heavy atom. The summed E-state index contributed by atoms with van der Waals surface area (Å²) in [4.78, 5) is 28.0. The van der Waals surface area contributed by atoms with Crippen LogP contribution in [0.4, 0.5) is 10.5 Å². The number of piperazine rings is 1. The number of ketones is 1. The number of nitrogens with zero attached hydrogens (tertiary/aromatic N) is 2. The number of amides is 2. The molecule has 124 valence electrons. The predicted molar refractivity (Wildman–Crippen MR) is 90.9 cm³/mol. The van der Waals surface area contributed by atoms with Crippen molar-refractivity contribution in [2.24, 2.45) is 0 Å². The first-order valence-electron chi connectivity index (χ1n) is 8.54. The number of hydrogen-bond donors (Lipinski definition) is 1. The topological polar surface area (TPSA) is 52.7 Å². The zero-order valence-electron chi connectivity index (χ0n) is 13.8. The van der Waals surface area contributed by atoms with E-state index in [1.807, 2.05) is 4.90 Å². The summed E-state index contributed by atoms with van der Waals surface area (Å²) in [7, 11) is 0. The van der Waals surface area contributed by atoms with Gasteiger partial charge in [-0.2, -0.15) is 0 Å². The van der Waals surface area contributed by atoms with Gasteiger partial charge in [-0.15, -0.1) is 0 Å². The van der Waals surface area contributed by atoms with Crippen molar-refractivity contribution in [3.05, 3.63) is 29.8 Å². The van der Waals surface area contributed by atoms with Crippen LogP contribution in [-0.2, 0) is 0 Å². The summed E-state index contributed by atoms with van der Waals surface area (Å²) in [6, 6.07) is 7.74. The highest BCUT2D eigenvalue weighted by atomic mass is 16.2.